The Kier molecular flexibility index (Phi) is 4.39. The predicted molar refractivity (Wildman–Crippen MR) is 115 cm³/mol. The van der Waals surface area contributed by atoms with Crippen molar-refractivity contribution < 1.29 is 13.9 Å². The van der Waals surface area contributed by atoms with Crippen molar-refractivity contribution in [2.75, 3.05) is 12.4 Å². The zero-order chi connectivity index (χ0) is 20.7. The van der Waals surface area contributed by atoms with Crippen LogP contribution in [0.5, 0.6) is 5.75 Å². The summed E-state index contributed by atoms with van der Waals surface area (Å²) in [4.78, 5) is 17.6. The molecule has 6 heteroatoms. The third-order valence-electron chi connectivity index (χ3n) is 5.50. The average molecular weight is 401 g/mol. The molecule has 4 aromatic rings. The lowest BCUT2D eigenvalue weighted by atomic mass is 10.0. The van der Waals surface area contributed by atoms with Gasteiger partial charge in [-0.1, -0.05) is 24.3 Å². The van der Waals surface area contributed by atoms with Gasteiger partial charge in [0, 0.05) is 30.2 Å². The molecule has 0 bridgehead atoms. The first kappa shape index (κ1) is 18.2. The number of carbonyl (C=O) groups excluding carboxylic acids is 1. The lowest BCUT2D eigenvalue weighted by Gasteiger charge is -2.16. The Morgan fingerprint density at radius 3 is 2.73 bits per heavy atom. The number of halogens is 1. The Morgan fingerprint density at radius 1 is 1.03 bits per heavy atom. The molecule has 5 nitrogen and oxygen atoms in total. The first-order valence-electron chi connectivity index (χ1n) is 9.69. The number of aromatic amines is 1. The monoisotopic (exact) mass is 401 g/mol. The van der Waals surface area contributed by atoms with Crippen molar-refractivity contribution in [1.82, 2.24) is 9.88 Å². The second-order valence-corrected chi connectivity index (χ2v) is 7.39. The highest BCUT2D eigenvalue weighted by Gasteiger charge is 2.24. The number of rotatable bonds is 3. The molecule has 1 aromatic heterocycles. The van der Waals surface area contributed by atoms with E-state index in [1.165, 1.54) is 12.1 Å². The molecule has 5 rings (SSSR count). The number of methoxy groups -OCH3 is 1. The molecular formula is C24H20FN3O2. The van der Waals surface area contributed by atoms with Crippen LogP contribution in [0.4, 0.5) is 14.9 Å². The molecule has 0 unspecified atom stereocenters. The number of ether oxygens (including phenoxy) is 1. The molecule has 0 saturated carbocycles. The fourth-order valence-corrected chi connectivity index (χ4v) is 3.91. The van der Waals surface area contributed by atoms with Crippen molar-refractivity contribution in [2.24, 2.45) is 0 Å². The van der Waals surface area contributed by atoms with Crippen LogP contribution in [-0.4, -0.2) is 23.0 Å². The van der Waals surface area contributed by atoms with E-state index in [0.717, 1.165) is 33.5 Å². The summed E-state index contributed by atoms with van der Waals surface area (Å²) in [6, 6.07) is 18.4. The number of nitrogens with zero attached hydrogens (tertiary/aromatic N) is 1. The number of carbonyl (C=O) groups is 1. The Hall–Kier alpha value is -3.80. The molecule has 0 saturated heterocycles. The summed E-state index contributed by atoms with van der Waals surface area (Å²) in [7, 11) is 1.65. The van der Waals surface area contributed by atoms with Crippen molar-refractivity contribution in [2.45, 2.75) is 13.1 Å². The van der Waals surface area contributed by atoms with E-state index in [1.807, 2.05) is 24.3 Å². The molecule has 3 aromatic carbocycles. The van der Waals surface area contributed by atoms with E-state index in [1.54, 1.807) is 24.3 Å². The molecule has 2 amide bonds. The van der Waals surface area contributed by atoms with E-state index in [-0.39, 0.29) is 11.8 Å². The molecule has 30 heavy (non-hydrogen) atoms. The minimum absolute atomic E-state index is 0.209. The van der Waals surface area contributed by atoms with Gasteiger partial charge in [0.25, 0.3) is 0 Å². The van der Waals surface area contributed by atoms with Gasteiger partial charge in [0.2, 0.25) is 0 Å². The van der Waals surface area contributed by atoms with E-state index < -0.39 is 0 Å². The Labute approximate surface area is 173 Å². The predicted octanol–water partition coefficient (Wildman–Crippen LogP) is 5.53. The summed E-state index contributed by atoms with van der Waals surface area (Å²) in [5.74, 6) is 0.473. The van der Waals surface area contributed by atoms with Crippen LogP contribution in [0.1, 0.15) is 11.1 Å². The standard InChI is InChI=1S/C24H20FN3O2/c1-30-20-4-2-3-15(10-20)16-5-6-17-13-28(14-18(17)9-16)24(29)27-23-12-26-22-8-7-19(25)11-21(22)23/h2-12,26H,13-14H2,1H3,(H,27,29). The molecule has 0 atom stereocenters. The van der Waals surface area contributed by atoms with Crippen LogP contribution in [0, 0.1) is 5.82 Å². The number of H-pyrrole nitrogens is 1. The fourth-order valence-electron chi connectivity index (χ4n) is 3.91. The topological polar surface area (TPSA) is 57.4 Å². The first-order chi connectivity index (χ1) is 14.6. The van der Waals surface area contributed by atoms with E-state index in [0.29, 0.717) is 24.2 Å². The van der Waals surface area contributed by atoms with Gasteiger partial charge in [0.1, 0.15) is 11.6 Å². The molecule has 2 N–H and O–H groups in total. The summed E-state index contributed by atoms with van der Waals surface area (Å²) < 4.78 is 18.9. The Bertz CT molecular complexity index is 1260. The smallest absolute Gasteiger partial charge is 0.322 e. The number of hydrogen-bond acceptors (Lipinski definition) is 2. The van der Waals surface area contributed by atoms with Crippen LogP contribution < -0.4 is 10.1 Å². The number of fused-ring (bicyclic) bond motifs is 2. The molecule has 1 aliphatic rings. The summed E-state index contributed by atoms with van der Waals surface area (Å²) in [5, 5.41) is 3.56. The van der Waals surface area contributed by atoms with E-state index in [2.05, 4.69) is 28.5 Å². The van der Waals surface area contributed by atoms with E-state index in [4.69, 9.17) is 4.74 Å². The van der Waals surface area contributed by atoms with Gasteiger partial charge in [-0.15, -0.1) is 0 Å². The lowest BCUT2D eigenvalue weighted by molar-refractivity contribution is 0.212. The molecule has 150 valence electrons. The molecular weight excluding hydrogens is 381 g/mol. The third kappa shape index (κ3) is 3.26. The highest BCUT2D eigenvalue weighted by Crippen LogP contribution is 2.31. The Morgan fingerprint density at radius 2 is 1.87 bits per heavy atom. The SMILES string of the molecule is COc1cccc(-c2ccc3c(c2)CN(C(=O)Nc2c[nH]c4ccc(F)cc24)C3)c1. The summed E-state index contributed by atoms with van der Waals surface area (Å²) in [5.41, 5.74) is 5.75. The minimum Gasteiger partial charge on any atom is -0.497 e. The van der Waals surface area contributed by atoms with Gasteiger partial charge in [-0.3, -0.25) is 0 Å². The van der Waals surface area contributed by atoms with Crippen LogP contribution in [-0.2, 0) is 13.1 Å². The Balaban J connectivity index is 1.35. The van der Waals surface area contributed by atoms with Gasteiger partial charge in [-0.25, -0.2) is 9.18 Å². The maximum absolute atomic E-state index is 13.6. The zero-order valence-electron chi connectivity index (χ0n) is 16.4. The van der Waals surface area contributed by atoms with Crippen molar-refractivity contribution in [3.05, 3.63) is 83.8 Å². The number of nitrogens with one attached hydrogen (secondary N) is 2. The molecule has 1 aliphatic heterocycles. The number of urea groups is 1. The highest BCUT2D eigenvalue weighted by atomic mass is 19.1. The van der Waals surface area contributed by atoms with Crippen LogP contribution in [0.2, 0.25) is 0 Å². The van der Waals surface area contributed by atoms with Gasteiger partial charge in [-0.2, -0.15) is 0 Å². The quantitative estimate of drug-likeness (QED) is 0.474. The molecule has 0 fully saturated rings. The minimum atomic E-state index is -0.337. The van der Waals surface area contributed by atoms with Crippen LogP contribution in [0.3, 0.4) is 0 Å². The van der Waals surface area contributed by atoms with E-state index >= 15 is 0 Å². The molecule has 0 radical (unpaired) electrons. The molecule has 0 aliphatic carbocycles. The normalized spacial score (nSPS) is 12.8. The number of benzene rings is 3. The zero-order valence-corrected chi connectivity index (χ0v) is 16.4. The van der Waals surface area contributed by atoms with Crippen molar-refractivity contribution in [3.63, 3.8) is 0 Å². The summed E-state index contributed by atoms with van der Waals surface area (Å²) in [6.45, 7) is 1.06. The second kappa shape index (κ2) is 7.22. The maximum Gasteiger partial charge on any atom is 0.322 e. The van der Waals surface area contributed by atoms with Crippen LogP contribution in [0.15, 0.2) is 66.9 Å². The van der Waals surface area contributed by atoms with Crippen molar-refractivity contribution >= 4 is 22.6 Å². The number of anilines is 1. The molecule has 0 spiro atoms. The van der Waals surface area contributed by atoms with Gasteiger partial charge in [0.15, 0.2) is 0 Å². The van der Waals surface area contributed by atoms with Gasteiger partial charge < -0.3 is 19.9 Å². The van der Waals surface area contributed by atoms with Crippen molar-refractivity contribution in [1.29, 1.82) is 0 Å². The first-order valence-corrected chi connectivity index (χ1v) is 9.69. The maximum atomic E-state index is 13.6. The summed E-state index contributed by atoms with van der Waals surface area (Å²) >= 11 is 0. The third-order valence-corrected chi connectivity index (χ3v) is 5.50. The average Bonchev–Trinajstić information content (AvgIpc) is 3.37. The number of aromatic nitrogens is 1. The van der Waals surface area contributed by atoms with Gasteiger partial charge >= 0.3 is 6.03 Å². The highest BCUT2D eigenvalue weighted by molar-refractivity contribution is 6.01. The lowest BCUT2D eigenvalue weighted by Crippen LogP contribution is -2.30. The fraction of sp³-hybridized carbons (Fsp3) is 0.125. The van der Waals surface area contributed by atoms with E-state index in [9.17, 15) is 9.18 Å². The van der Waals surface area contributed by atoms with Gasteiger partial charge in [-0.05, 0) is 58.7 Å². The van der Waals surface area contributed by atoms with Gasteiger partial charge in [0.05, 0.1) is 12.8 Å². The second-order valence-electron chi connectivity index (χ2n) is 7.39. The van der Waals surface area contributed by atoms with Crippen LogP contribution in [0.25, 0.3) is 22.0 Å². The summed E-state index contributed by atoms with van der Waals surface area (Å²) in [6.07, 6.45) is 1.69. The largest absolute Gasteiger partial charge is 0.497 e. The van der Waals surface area contributed by atoms with Crippen molar-refractivity contribution in [3.8, 4) is 16.9 Å². The van der Waals surface area contributed by atoms with Crippen LogP contribution >= 0.6 is 0 Å². The number of amides is 2. The number of hydrogen-bond donors (Lipinski definition) is 2. The molecule has 2 heterocycles.